The number of aliphatic imine (C=N–C) groups is 1. The number of hydrogen-bond donors (Lipinski definition) is 3. The second-order valence-corrected chi connectivity index (χ2v) is 4.96. The van der Waals surface area contributed by atoms with Crippen molar-refractivity contribution in [1.82, 2.24) is 20.4 Å². The Hall–Kier alpha value is -2.54. The summed E-state index contributed by atoms with van der Waals surface area (Å²) in [6, 6.07) is 3.64. The molecule has 1 fully saturated rings. The van der Waals surface area contributed by atoms with E-state index in [1.165, 1.54) is 12.6 Å². The molecule has 0 saturated heterocycles. The summed E-state index contributed by atoms with van der Waals surface area (Å²) in [5.74, 6) is 1.29. The minimum absolute atomic E-state index is 0.317. The van der Waals surface area contributed by atoms with Crippen molar-refractivity contribution in [2.24, 2.45) is 10.9 Å². The van der Waals surface area contributed by atoms with Gasteiger partial charge in [-0.25, -0.2) is 15.0 Å². The predicted molar refractivity (Wildman–Crippen MR) is 79.0 cm³/mol. The van der Waals surface area contributed by atoms with Crippen molar-refractivity contribution < 1.29 is 5.21 Å². The SMILES string of the molecule is Nc1cnc(-c2ccc(N=C(NO)C3CCC3)cn2)cn1. The molecule has 1 aliphatic carbocycles. The molecule has 21 heavy (non-hydrogen) atoms. The summed E-state index contributed by atoms with van der Waals surface area (Å²) in [7, 11) is 0. The van der Waals surface area contributed by atoms with Crippen LogP contribution in [0.25, 0.3) is 11.4 Å². The number of amidine groups is 1. The summed E-state index contributed by atoms with van der Waals surface area (Å²) < 4.78 is 0. The molecule has 0 atom stereocenters. The molecule has 2 heterocycles. The first-order valence-electron chi connectivity index (χ1n) is 6.79. The van der Waals surface area contributed by atoms with E-state index in [-0.39, 0.29) is 0 Å². The average molecular weight is 284 g/mol. The lowest BCUT2D eigenvalue weighted by molar-refractivity contribution is 0.218. The fraction of sp³-hybridized carbons (Fsp3) is 0.286. The Kier molecular flexibility index (Phi) is 3.74. The molecule has 108 valence electrons. The molecule has 2 aromatic heterocycles. The third kappa shape index (κ3) is 2.97. The summed E-state index contributed by atoms with van der Waals surface area (Å²) in [6.07, 6.45) is 8.00. The van der Waals surface area contributed by atoms with Crippen molar-refractivity contribution in [2.45, 2.75) is 19.3 Å². The van der Waals surface area contributed by atoms with Crippen LogP contribution < -0.4 is 11.2 Å². The summed E-state index contributed by atoms with van der Waals surface area (Å²) in [4.78, 5) is 16.8. The van der Waals surface area contributed by atoms with Gasteiger partial charge in [0, 0.05) is 5.92 Å². The first-order valence-corrected chi connectivity index (χ1v) is 6.79. The highest BCUT2D eigenvalue weighted by molar-refractivity contribution is 5.86. The monoisotopic (exact) mass is 284 g/mol. The molecule has 0 bridgehead atoms. The Morgan fingerprint density at radius 2 is 1.95 bits per heavy atom. The largest absolute Gasteiger partial charge is 0.382 e. The fourth-order valence-electron chi connectivity index (χ4n) is 2.10. The van der Waals surface area contributed by atoms with Gasteiger partial charge in [-0.3, -0.25) is 15.7 Å². The lowest BCUT2D eigenvalue weighted by Gasteiger charge is -2.25. The van der Waals surface area contributed by atoms with E-state index in [1.54, 1.807) is 12.4 Å². The first-order chi connectivity index (χ1) is 10.3. The number of nitrogen functional groups attached to an aromatic ring is 1. The zero-order chi connectivity index (χ0) is 14.7. The number of hydroxylamine groups is 1. The van der Waals surface area contributed by atoms with Crippen LogP contribution in [0.1, 0.15) is 19.3 Å². The lowest BCUT2D eigenvalue weighted by Crippen LogP contribution is -2.32. The Labute approximate surface area is 121 Å². The van der Waals surface area contributed by atoms with Crippen LogP contribution in [0, 0.1) is 5.92 Å². The quantitative estimate of drug-likeness (QED) is 0.451. The lowest BCUT2D eigenvalue weighted by atomic mass is 9.84. The van der Waals surface area contributed by atoms with Gasteiger partial charge in [0.25, 0.3) is 0 Å². The Morgan fingerprint density at radius 3 is 2.48 bits per heavy atom. The Morgan fingerprint density at radius 1 is 1.14 bits per heavy atom. The second-order valence-electron chi connectivity index (χ2n) is 4.96. The van der Waals surface area contributed by atoms with Crippen LogP contribution in [0.4, 0.5) is 11.5 Å². The molecular weight excluding hydrogens is 268 g/mol. The molecule has 1 saturated carbocycles. The van der Waals surface area contributed by atoms with Crippen molar-refractivity contribution in [3.05, 3.63) is 30.7 Å². The van der Waals surface area contributed by atoms with Gasteiger partial charge in [0.05, 0.1) is 30.0 Å². The van der Waals surface area contributed by atoms with E-state index in [0.29, 0.717) is 34.6 Å². The molecule has 7 nitrogen and oxygen atoms in total. The zero-order valence-electron chi connectivity index (χ0n) is 11.4. The number of nitrogens with one attached hydrogen (secondary N) is 1. The van der Waals surface area contributed by atoms with Gasteiger partial charge in [-0.2, -0.15) is 0 Å². The standard InChI is InChI=1S/C14H16N6O/c15-13-8-17-12(7-18-13)11-5-4-10(6-16-11)19-14(20-21)9-2-1-3-9/h4-9,21H,1-3H2,(H2,15,18)(H,19,20). The number of anilines is 1. The third-order valence-electron chi connectivity index (χ3n) is 3.54. The van der Waals surface area contributed by atoms with Crippen molar-refractivity contribution in [1.29, 1.82) is 0 Å². The average Bonchev–Trinajstić information content (AvgIpc) is 2.46. The maximum Gasteiger partial charge on any atom is 0.141 e. The smallest absolute Gasteiger partial charge is 0.141 e. The maximum atomic E-state index is 9.15. The highest BCUT2D eigenvalue weighted by Crippen LogP contribution is 2.28. The summed E-state index contributed by atoms with van der Waals surface area (Å²) >= 11 is 0. The fourth-order valence-corrected chi connectivity index (χ4v) is 2.10. The molecule has 7 heteroatoms. The number of pyridine rings is 1. The molecule has 2 aromatic rings. The minimum atomic E-state index is 0.317. The van der Waals surface area contributed by atoms with E-state index in [9.17, 15) is 0 Å². The van der Waals surface area contributed by atoms with E-state index in [0.717, 1.165) is 12.8 Å². The van der Waals surface area contributed by atoms with Crippen LogP contribution in [-0.4, -0.2) is 26.0 Å². The van der Waals surface area contributed by atoms with E-state index in [4.69, 9.17) is 10.9 Å². The molecule has 0 spiro atoms. The molecule has 1 aliphatic rings. The number of aromatic nitrogens is 3. The van der Waals surface area contributed by atoms with Crippen molar-refractivity contribution in [3.8, 4) is 11.4 Å². The Balaban J connectivity index is 1.80. The van der Waals surface area contributed by atoms with Crippen LogP contribution in [0.3, 0.4) is 0 Å². The minimum Gasteiger partial charge on any atom is -0.382 e. The van der Waals surface area contributed by atoms with Crippen molar-refractivity contribution in [2.75, 3.05) is 5.73 Å². The van der Waals surface area contributed by atoms with Crippen molar-refractivity contribution in [3.63, 3.8) is 0 Å². The third-order valence-corrected chi connectivity index (χ3v) is 3.54. The molecule has 0 unspecified atom stereocenters. The summed E-state index contributed by atoms with van der Waals surface area (Å²) in [5.41, 5.74) is 9.73. The molecule has 0 radical (unpaired) electrons. The van der Waals surface area contributed by atoms with Crippen LogP contribution >= 0.6 is 0 Å². The van der Waals surface area contributed by atoms with Gasteiger partial charge in [0.2, 0.25) is 0 Å². The van der Waals surface area contributed by atoms with Gasteiger partial charge < -0.3 is 5.73 Å². The van der Waals surface area contributed by atoms with E-state index < -0.39 is 0 Å². The van der Waals surface area contributed by atoms with Gasteiger partial charge in [-0.05, 0) is 25.0 Å². The first kappa shape index (κ1) is 13.4. The van der Waals surface area contributed by atoms with Gasteiger partial charge >= 0.3 is 0 Å². The molecular formula is C14H16N6O. The topological polar surface area (TPSA) is 109 Å². The van der Waals surface area contributed by atoms with E-state index in [1.807, 2.05) is 12.1 Å². The molecule has 0 aromatic carbocycles. The van der Waals surface area contributed by atoms with Crippen LogP contribution in [0.2, 0.25) is 0 Å². The van der Waals surface area contributed by atoms with Crippen LogP contribution in [-0.2, 0) is 0 Å². The molecule has 0 amide bonds. The van der Waals surface area contributed by atoms with E-state index in [2.05, 4.69) is 25.4 Å². The molecule has 0 aliphatic heterocycles. The highest BCUT2D eigenvalue weighted by atomic mass is 16.5. The number of hydrogen-bond acceptors (Lipinski definition) is 6. The second kappa shape index (κ2) is 5.84. The van der Waals surface area contributed by atoms with Gasteiger partial charge in [0.1, 0.15) is 17.3 Å². The highest BCUT2D eigenvalue weighted by Gasteiger charge is 2.23. The van der Waals surface area contributed by atoms with Gasteiger partial charge in [-0.15, -0.1) is 0 Å². The number of nitrogens with zero attached hydrogens (tertiary/aromatic N) is 4. The van der Waals surface area contributed by atoms with Crippen molar-refractivity contribution >= 4 is 17.3 Å². The number of rotatable bonds is 3. The normalized spacial score (nSPS) is 15.6. The summed E-state index contributed by atoms with van der Waals surface area (Å²) in [5, 5.41) is 9.15. The summed E-state index contributed by atoms with van der Waals surface area (Å²) in [6.45, 7) is 0. The van der Waals surface area contributed by atoms with E-state index >= 15 is 0 Å². The van der Waals surface area contributed by atoms with Gasteiger partial charge in [-0.1, -0.05) is 6.42 Å². The molecule has 4 N–H and O–H groups in total. The zero-order valence-corrected chi connectivity index (χ0v) is 11.4. The molecule has 3 rings (SSSR count). The number of nitrogens with two attached hydrogens (primary N) is 1. The Bertz CT molecular complexity index is 634. The van der Waals surface area contributed by atoms with Crippen LogP contribution in [0.15, 0.2) is 35.7 Å². The maximum absolute atomic E-state index is 9.15. The van der Waals surface area contributed by atoms with Crippen LogP contribution in [0.5, 0.6) is 0 Å². The predicted octanol–water partition coefficient (Wildman–Crippen LogP) is 1.93. The van der Waals surface area contributed by atoms with Gasteiger partial charge in [0.15, 0.2) is 0 Å².